The van der Waals surface area contributed by atoms with Gasteiger partial charge in [0, 0.05) is 17.4 Å². The molecule has 6 nitrogen and oxygen atoms in total. The molecule has 7 heteroatoms. The molecule has 0 fully saturated rings. The van der Waals surface area contributed by atoms with Gasteiger partial charge in [0.2, 0.25) is 0 Å². The van der Waals surface area contributed by atoms with Crippen LogP contribution in [0, 0.1) is 19.7 Å². The first-order valence-electron chi connectivity index (χ1n) is 6.02. The highest BCUT2D eigenvalue weighted by Crippen LogP contribution is 2.18. The Balaban J connectivity index is 2.02. The summed E-state index contributed by atoms with van der Waals surface area (Å²) in [4.78, 5) is 15.7. The third-order valence-electron chi connectivity index (χ3n) is 3.02. The molecule has 2 aromatic heterocycles. The Hall–Kier alpha value is -2.70. The number of aryl methyl sites for hydroxylation is 2. The van der Waals surface area contributed by atoms with Gasteiger partial charge in [0.25, 0.3) is 5.78 Å². The SMILES string of the molecule is Cc1ccc(Nc2cc(C)n3c(=O)[nH]nc3n2)cc1F. The van der Waals surface area contributed by atoms with Crippen molar-refractivity contribution in [3.63, 3.8) is 0 Å². The van der Waals surface area contributed by atoms with Crippen molar-refractivity contribution in [3.05, 3.63) is 51.8 Å². The highest BCUT2D eigenvalue weighted by Gasteiger charge is 2.07. The number of hydrogen-bond acceptors (Lipinski definition) is 4. The molecule has 0 aliphatic rings. The van der Waals surface area contributed by atoms with Crippen LogP contribution in [0.4, 0.5) is 15.9 Å². The van der Waals surface area contributed by atoms with Crippen LogP contribution in [-0.2, 0) is 0 Å². The zero-order chi connectivity index (χ0) is 14.3. The van der Waals surface area contributed by atoms with E-state index >= 15 is 0 Å². The third kappa shape index (κ3) is 2.03. The van der Waals surface area contributed by atoms with Crippen molar-refractivity contribution in [3.8, 4) is 0 Å². The molecule has 0 saturated heterocycles. The minimum absolute atomic E-state index is 0.269. The number of aromatic amines is 1. The second kappa shape index (κ2) is 4.44. The Bertz CT molecular complexity index is 852. The molecular formula is C13H12FN5O. The van der Waals surface area contributed by atoms with Gasteiger partial charge in [0.15, 0.2) is 0 Å². The number of halogens is 1. The molecule has 1 aromatic carbocycles. The van der Waals surface area contributed by atoms with E-state index in [1.54, 1.807) is 32.0 Å². The fourth-order valence-corrected chi connectivity index (χ4v) is 1.97. The molecule has 3 rings (SSSR count). The van der Waals surface area contributed by atoms with Crippen LogP contribution < -0.4 is 11.0 Å². The Labute approximate surface area is 113 Å². The Morgan fingerprint density at radius 1 is 1.30 bits per heavy atom. The van der Waals surface area contributed by atoms with Crippen molar-refractivity contribution in [1.29, 1.82) is 0 Å². The van der Waals surface area contributed by atoms with Crippen LogP contribution in [0.2, 0.25) is 0 Å². The summed E-state index contributed by atoms with van der Waals surface area (Å²) in [5.41, 5.74) is 1.51. The first kappa shape index (κ1) is 12.3. The number of aromatic nitrogens is 4. The van der Waals surface area contributed by atoms with Gasteiger partial charge in [-0.25, -0.2) is 18.7 Å². The molecule has 20 heavy (non-hydrogen) atoms. The van der Waals surface area contributed by atoms with Crippen LogP contribution in [0.15, 0.2) is 29.1 Å². The zero-order valence-electron chi connectivity index (χ0n) is 10.9. The van der Waals surface area contributed by atoms with E-state index in [-0.39, 0.29) is 17.3 Å². The summed E-state index contributed by atoms with van der Waals surface area (Å²) in [6.45, 7) is 3.47. The Morgan fingerprint density at radius 3 is 2.85 bits per heavy atom. The lowest BCUT2D eigenvalue weighted by molar-refractivity contribution is 0.619. The normalized spacial score (nSPS) is 10.9. The number of rotatable bonds is 2. The summed E-state index contributed by atoms with van der Waals surface area (Å²) < 4.78 is 14.9. The molecule has 0 aliphatic heterocycles. The lowest BCUT2D eigenvalue weighted by Crippen LogP contribution is -2.12. The summed E-state index contributed by atoms with van der Waals surface area (Å²) in [5.74, 6) is 0.478. The van der Waals surface area contributed by atoms with E-state index in [9.17, 15) is 9.18 Å². The average molecular weight is 273 g/mol. The van der Waals surface area contributed by atoms with Gasteiger partial charge in [-0.05, 0) is 31.5 Å². The van der Waals surface area contributed by atoms with E-state index in [2.05, 4.69) is 20.5 Å². The Kier molecular flexibility index (Phi) is 2.74. The van der Waals surface area contributed by atoms with Crippen molar-refractivity contribution >= 4 is 17.3 Å². The Morgan fingerprint density at radius 2 is 2.10 bits per heavy atom. The molecule has 2 heterocycles. The van der Waals surface area contributed by atoms with Gasteiger partial charge in [-0.15, -0.1) is 5.10 Å². The molecule has 0 unspecified atom stereocenters. The number of H-pyrrole nitrogens is 1. The number of hydrogen-bond donors (Lipinski definition) is 2. The minimum atomic E-state index is -0.335. The summed E-state index contributed by atoms with van der Waals surface area (Å²) >= 11 is 0. The fourth-order valence-electron chi connectivity index (χ4n) is 1.97. The average Bonchev–Trinajstić information content (AvgIpc) is 2.76. The molecular weight excluding hydrogens is 261 g/mol. The molecule has 102 valence electrons. The molecule has 0 spiro atoms. The van der Waals surface area contributed by atoms with Gasteiger partial charge in [-0.3, -0.25) is 0 Å². The number of nitrogens with one attached hydrogen (secondary N) is 2. The van der Waals surface area contributed by atoms with Crippen molar-refractivity contribution < 1.29 is 4.39 Å². The van der Waals surface area contributed by atoms with Crippen LogP contribution in [0.25, 0.3) is 5.78 Å². The van der Waals surface area contributed by atoms with Gasteiger partial charge < -0.3 is 5.32 Å². The molecule has 0 saturated carbocycles. The van der Waals surface area contributed by atoms with Crippen molar-refractivity contribution in [2.24, 2.45) is 0 Å². The monoisotopic (exact) mass is 273 g/mol. The zero-order valence-corrected chi connectivity index (χ0v) is 10.9. The summed E-state index contributed by atoms with van der Waals surface area (Å²) in [7, 11) is 0. The lowest BCUT2D eigenvalue weighted by Gasteiger charge is -2.08. The van der Waals surface area contributed by atoms with Crippen LogP contribution in [0.3, 0.4) is 0 Å². The van der Waals surface area contributed by atoms with Crippen LogP contribution in [0.5, 0.6) is 0 Å². The third-order valence-corrected chi connectivity index (χ3v) is 3.02. The molecule has 0 amide bonds. The number of benzene rings is 1. The maximum Gasteiger partial charge on any atom is 0.349 e. The predicted octanol–water partition coefficient (Wildman–Crippen LogP) is 1.92. The van der Waals surface area contributed by atoms with Crippen molar-refractivity contribution in [2.75, 3.05) is 5.32 Å². The van der Waals surface area contributed by atoms with Crippen molar-refractivity contribution in [2.45, 2.75) is 13.8 Å². The van der Waals surface area contributed by atoms with Crippen LogP contribution in [-0.4, -0.2) is 19.6 Å². The second-order valence-electron chi connectivity index (χ2n) is 4.54. The molecule has 0 radical (unpaired) electrons. The maximum absolute atomic E-state index is 13.5. The van der Waals surface area contributed by atoms with Crippen LogP contribution in [0.1, 0.15) is 11.3 Å². The van der Waals surface area contributed by atoms with E-state index in [1.807, 2.05) is 0 Å². The number of anilines is 2. The molecule has 0 bridgehead atoms. The fraction of sp³-hybridized carbons (Fsp3) is 0.154. The van der Waals surface area contributed by atoms with Gasteiger partial charge in [-0.2, -0.15) is 4.98 Å². The summed E-state index contributed by atoms with van der Waals surface area (Å²) in [5, 5.41) is 9.14. The highest BCUT2D eigenvalue weighted by atomic mass is 19.1. The largest absolute Gasteiger partial charge is 0.349 e. The van der Waals surface area contributed by atoms with E-state index < -0.39 is 0 Å². The second-order valence-corrected chi connectivity index (χ2v) is 4.54. The van der Waals surface area contributed by atoms with Crippen LogP contribution >= 0.6 is 0 Å². The highest BCUT2D eigenvalue weighted by molar-refractivity contribution is 5.58. The number of fused-ring (bicyclic) bond motifs is 1. The van der Waals surface area contributed by atoms with Gasteiger partial charge in [0.05, 0.1) is 0 Å². The van der Waals surface area contributed by atoms with Gasteiger partial charge in [0.1, 0.15) is 11.6 Å². The molecule has 3 aromatic rings. The molecule has 0 aliphatic carbocycles. The minimum Gasteiger partial charge on any atom is -0.340 e. The first-order chi connectivity index (χ1) is 9.54. The van der Waals surface area contributed by atoms with E-state index in [0.717, 1.165) is 0 Å². The molecule has 2 N–H and O–H groups in total. The topological polar surface area (TPSA) is 75.1 Å². The van der Waals surface area contributed by atoms with E-state index in [4.69, 9.17) is 0 Å². The predicted molar refractivity (Wildman–Crippen MR) is 72.8 cm³/mol. The summed E-state index contributed by atoms with van der Waals surface area (Å²) in [6.07, 6.45) is 0. The van der Waals surface area contributed by atoms with Gasteiger partial charge >= 0.3 is 5.69 Å². The molecule has 0 atom stereocenters. The smallest absolute Gasteiger partial charge is 0.340 e. The lowest BCUT2D eigenvalue weighted by atomic mass is 10.2. The number of nitrogens with zero attached hydrogens (tertiary/aromatic N) is 3. The van der Waals surface area contributed by atoms with E-state index in [1.165, 1.54) is 10.5 Å². The summed E-state index contributed by atoms with van der Waals surface area (Å²) in [6, 6.07) is 6.54. The standard InChI is InChI=1S/C13H12FN5O/c1-7-3-4-9(6-10(7)14)15-11-5-8(2)19-12(16-11)17-18-13(19)20/h3-6H,1-2H3,(H,18,20)(H,15,16,17). The van der Waals surface area contributed by atoms with Gasteiger partial charge in [-0.1, -0.05) is 6.07 Å². The van der Waals surface area contributed by atoms with Crippen molar-refractivity contribution in [1.82, 2.24) is 19.6 Å². The maximum atomic E-state index is 13.5. The quantitative estimate of drug-likeness (QED) is 0.748. The first-order valence-corrected chi connectivity index (χ1v) is 6.02. The van der Waals surface area contributed by atoms with E-state index in [0.29, 0.717) is 22.8 Å².